The zero-order valence-electron chi connectivity index (χ0n) is 15.5. The molecule has 7 heteroatoms. The lowest BCUT2D eigenvalue weighted by Crippen LogP contribution is -2.33. The Morgan fingerprint density at radius 2 is 1.70 bits per heavy atom. The third-order valence-corrected chi connectivity index (χ3v) is 7.84. The number of nitrogens with zero attached hydrogens (tertiary/aromatic N) is 2. The third-order valence-electron chi connectivity index (χ3n) is 4.68. The highest BCUT2D eigenvalue weighted by Gasteiger charge is 2.23. The first kappa shape index (κ1) is 19.9. The van der Waals surface area contributed by atoms with Crippen LogP contribution in [0.15, 0.2) is 59.5 Å². The van der Waals surface area contributed by atoms with E-state index in [1.807, 2.05) is 34.9 Å². The molecule has 1 fully saturated rings. The van der Waals surface area contributed by atoms with Crippen molar-refractivity contribution in [3.63, 3.8) is 0 Å². The summed E-state index contributed by atoms with van der Waals surface area (Å²) < 4.78 is 25.5. The van der Waals surface area contributed by atoms with Gasteiger partial charge >= 0.3 is 0 Å². The molecule has 0 spiro atoms. The normalized spacial score (nSPS) is 18.3. The molecule has 3 rings (SSSR count). The fourth-order valence-corrected chi connectivity index (χ4v) is 5.20. The molecule has 1 aliphatic heterocycles. The van der Waals surface area contributed by atoms with Gasteiger partial charge in [0.25, 0.3) is 5.91 Å². The molecule has 1 aliphatic rings. The molecule has 0 unspecified atom stereocenters. The Morgan fingerprint density at radius 1 is 1.04 bits per heavy atom. The Kier molecular flexibility index (Phi) is 6.24. The Hall–Kier alpha value is -1.83. The number of rotatable bonds is 4. The van der Waals surface area contributed by atoms with Crippen molar-refractivity contribution in [2.24, 2.45) is 0 Å². The van der Waals surface area contributed by atoms with Crippen LogP contribution in [0.2, 0.25) is 0 Å². The molecule has 2 aromatic carbocycles. The molecule has 1 saturated heterocycles. The Morgan fingerprint density at radius 3 is 2.33 bits per heavy atom. The predicted molar refractivity (Wildman–Crippen MR) is 109 cm³/mol. The van der Waals surface area contributed by atoms with E-state index < -0.39 is 10.0 Å². The van der Waals surface area contributed by atoms with Gasteiger partial charge in [-0.05, 0) is 36.2 Å². The van der Waals surface area contributed by atoms with Crippen molar-refractivity contribution in [2.45, 2.75) is 16.6 Å². The Balaban J connectivity index is 1.69. The third kappa shape index (κ3) is 4.54. The number of hydrogen-bond donors (Lipinski definition) is 0. The van der Waals surface area contributed by atoms with Gasteiger partial charge in [-0.1, -0.05) is 30.3 Å². The Labute approximate surface area is 165 Å². The van der Waals surface area contributed by atoms with Gasteiger partial charge in [0, 0.05) is 43.8 Å². The summed E-state index contributed by atoms with van der Waals surface area (Å²) in [4.78, 5) is 14.9. The number of benzene rings is 2. The molecule has 144 valence electrons. The number of carbonyl (C=O) groups is 1. The van der Waals surface area contributed by atoms with Crippen LogP contribution in [0.4, 0.5) is 0 Å². The molecule has 1 heterocycles. The molecular weight excluding hydrogens is 380 g/mol. The minimum atomic E-state index is -3.48. The van der Waals surface area contributed by atoms with Gasteiger partial charge in [0.05, 0.1) is 4.90 Å². The molecule has 0 bridgehead atoms. The summed E-state index contributed by atoms with van der Waals surface area (Å²) in [5.41, 5.74) is 1.82. The summed E-state index contributed by atoms with van der Waals surface area (Å²) >= 11 is 1.88. The topological polar surface area (TPSA) is 57.7 Å². The summed E-state index contributed by atoms with van der Waals surface area (Å²) in [7, 11) is -0.498. The predicted octanol–water partition coefficient (Wildman–Crippen LogP) is 3.26. The molecule has 0 radical (unpaired) electrons. The fourth-order valence-electron chi connectivity index (χ4n) is 3.07. The van der Waals surface area contributed by atoms with Crippen molar-refractivity contribution >= 4 is 27.7 Å². The van der Waals surface area contributed by atoms with E-state index >= 15 is 0 Å². The van der Waals surface area contributed by atoms with Gasteiger partial charge < -0.3 is 4.90 Å². The van der Waals surface area contributed by atoms with Gasteiger partial charge in [0.2, 0.25) is 10.0 Å². The molecule has 0 aliphatic carbocycles. The molecule has 1 amide bonds. The van der Waals surface area contributed by atoms with Crippen molar-refractivity contribution in [1.29, 1.82) is 0 Å². The molecule has 2 aromatic rings. The quantitative estimate of drug-likeness (QED) is 0.785. The lowest BCUT2D eigenvalue weighted by molar-refractivity contribution is 0.0766. The molecule has 0 saturated carbocycles. The molecule has 1 atom stereocenters. The second-order valence-corrected chi connectivity index (χ2v) is 10.1. The maximum atomic E-state index is 12.8. The van der Waals surface area contributed by atoms with Crippen LogP contribution in [0.1, 0.15) is 27.6 Å². The van der Waals surface area contributed by atoms with Crippen molar-refractivity contribution in [3.8, 4) is 0 Å². The fraction of sp³-hybridized carbons (Fsp3) is 0.350. The summed E-state index contributed by atoms with van der Waals surface area (Å²) in [6.45, 7) is 1.40. The summed E-state index contributed by atoms with van der Waals surface area (Å²) in [5, 5.41) is 0.400. The minimum Gasteiger partial charge on any atom is -0.338 e. The van der Waals surface area contributed by atoms with Gasteiger partial charge in [-0.2, -0.15) is 11.8 Å². The highest BCUT2D eigenvalue weighted by molar-refractivity contribution is 7.99. The maximum Gasteiger partial charge on any atom is 0.253 e. The van der Waals surface area contributed by atoms with Gasteiger partial charge in [-0.3, -0.25) is 4.79 Å². The zero-order valence-corrected chi connectivity index (χ0v) is 17.2. The van der Waals surface area contributed by atoms with Gasteiger partial charge in [-0.25, -0.2) is 12.7 Å². The maximum absolute atomic E-state index is 12.8. The average Bonchev–Trinajstić information content (AvgIpc) is 2.94. The minimum absolute atomic E-state index is 0.0434. The van der Waals surface area contributed by atoms with Crippen LogP contribution < -0.4 is 0 Å². The first-order valence-corrected chi connectivity index (χ1v) is 11.4. The monoisotopic (exact) mass is 404 g/mol. The average molecular weight is 405 g/mol. The van der Waals surface area contributed by atoms with Crippen molar-refractivity contribution in [3.05, 3.63) is 65.7 Å². The largest absolute Gasteiger partial charge is 0.338 e. The molecular formula is C20H24N2O3S2. The van der Waals surface area contributed by atoms with E-state index in [1.54, 1.807) is 12.1 Å². The van der Waals surface area contributed by atoms with Crippen LogP contribution in [0.5, 0.6) is 0 Å². The van der Waals surface area contributed by atoms with Gasteiger partial charge in [0.1, 0.15) is 0 Å². The summed E-state index contributed by atoms with van der Waals surface area (Å²) in [6.07, 6.45) is 0.910. The van der Waals surface area contributed by atoms with Crippen LogP contribution in [0.25, 0.3) is 0 Å². The SMILES string of the molecule is CN(C)S(=O)(=O)c1ccc(C(=O)N2CCS[C@@H](c3ccccc3)CC2)cc1. The molecule has 5 nitrogen and oxygen atoms in total. The number of amides is 1. The highest BCUT2D eigenvalue weighted by atomic mass is 32.2. The number of hydrogen-bond acceptors (Lipinski definition) is 4. The van der Waals surface area contributed by atoms with Crippen molar-refractivity contribution < 1.29 is 13.2 Å². The van der Waals surface area contributed by atoms with E-state index in [-0.39, 0.29) is 10.8 Å². The van der Waals surface area contributed by atoms with E-state index in [0.29, 0.717) is 23.9 Å². The summed E-state index contributed by atoms with van der Waals surface area (Å²) in [5.74, 6) is 0.844. The van der Waals surface area contributed by atoms with Crippen molar-refractivity contribution in [2.75, 3.05) is 32.9 Å². The van der Waals surface area contributed by atoms with Crippen molar-refractivity contribution in [1.82, 2.24) is 9.21 Å². The van der Waals surface area contributed by atoms with E-state index in [2.05, 4.69) is 12.1 Å². The van der Waals surface area contributed by atoms with Gasteiger partial charge in [-0.15, -0.1) is 0 Å². The Bertz CT molecular complexity index is 881. The van der Waals surface area contributed by atoms with E-state index in [1.165, 1.54) is 36.1 Å². The molecule has 27 heavy (non-hydrogen) atoms. The lowest BCUT2D eigenvalue weighted by Gasteiger charge is -2.20. The number of sulfonamides is 1. The van der Waals surface area contributed by atoms with E-state index in [4.69, 9.17) is 0 Å². The number of thioether (sulfide) groups is 1. The van der Waals surface area contributed by atoms with Crippen LogP contribution in [0, 0.1) is 0 Å². The van der Waals surface area contributed by atoms with E-state index in [9.17, 15) is 13.2 Å². The summed E-state index contributed by atoms with van der Waals surface area (Å²) in [6, 6.07) is 16.6. The first-order valence-electron chi connectivity index (χ1n) is 8.88. The zero-order chi connectivity index (χ0) is 19.4. The van der Waals surface area contributed by atoms with Crippen LogP contribution in [-0.4, -0.2) is 56.5 Å². The second-order valence-electron chi connectivity index (χ2n) is 6.66. The molecule has 0 N–H and O–H groups in total. The smallest absolute Gasteiger partial charge is 0.253 e. The lowest BCUT2D eigenvalue weighted by atomic mass is 10.1. The van der Waals surface area contributed by atoms with Crippen LogP contribution in [0.3, 0.4) is 0 Å². The van der Waals surface area contributed by atoms with Crippen LogP contribution in [-0.2, 0) is 10.0 Å². The van der Waals surface area contributed by atoms with Gasteiger partial charge in [0.15, 0.2) is 0 Å². The number of carbonyl (C=O) groups excluding carboxylic acids is 1. The highest BCUT2D eigenvalue weighted by Crippen LogP contribution is 2.34. The first-order chi connectivity index (χ1) is 12.9. The molecule has 0 aromatic heterocycles. The van der Waals surface area contributed by atoms with E-state index in [0.717, 1.165) is 12.2 Å². The van der Waals surface area contributed by atoms with Crippen LogP contribution >= 0.6 is 11.8 Å². The standard InChI is InChI=1S/C20H24N2O3S2/c1-21(2)27(24,25)18-10-8-17(9-11-18)20(23)22-13-12-19(26-15-14-22)16-6-4-3-5-7-16/h3-11,19H,12-15H2,1-2H3/t19-/m1/s1. The second kappa shape index (κ2) is 8.46.